The number of anilines is 1. The maximum absolute atomic E-state index is 13.0. The van der Waals surface area contributed by atoms with Crippen LogP contribution in [0.4, 0.5) is 10.1 Å². The van der Waals surface area contributed by atoms with Crippen molar-refractivity contribution in [2.45, 2.75) is 4.90 Å². The van der Waals surface area contributed by atoms with Crippen LogP contribution in [-0.2, 0) is 10.0 Å². The second kappa shape index (κ2) is 5.90. The van der Waals surface area contributed by atoms with E-state index in [1.807, 2.05) is 0 Å². The Balaban J connectivity index is 2.45. The number of sulfonamides is 1. The second-order valence-electron chi connectivity index (χ2n) is 4.01. The highest BCUT2D eigenvalue weighted by Gasteiger charge is 2.17. The van der Waals surface area contributed by atoms with Crippen molar-refractivity contribution in [3.8, 4) is 6.07 Å². The lowest BCUT2D eigenvalue weighted by molar-refractivity contribution is 0.601. The van der Waals surface area contributed by atoms with E-state index >= 15 is 0 Å². The highest BCUT2D eigenvalue weighted by molar-refractivity contribution is 7.92. The van der Waals surface area contributed by atoms with Gasteiger partial charge in [0, 0.05) is 10.0 Å². The van der Waals surface area contributed by atoms with Crippen molar-refractivity contribution >= 4 is 38.9 Å². The SMILES string of the molecule is N#Cc1cc(F)ccc1NS(=O)(=O)c1cc(Cl)cc(Cl)c1. The lowest BCUT2D eigenvalue weighted by Crippen LogP contribution is -2.14. The third-order valence-electron chi connectivity index (χ3n) is 2.49. The van der Waals surface area contributed by atoms with Crippen LogP contribution in [0.5, 0.6) is 0 Å². The van der Waals surface area contributed by atoms with Gasteiger partial charge in [-0.3, -0.25) is 4.72 Å². The van der Waals surface area contributed by atoms with Gasteiger partial charge in [0.15, 0.2) is 0 Å². The Labute approximate surface area is 130 Å². The van der Waals surface area contributed by atoms with Crippen LogP contribution in [0.15, 0.2) is 41.3 Å². The molecule has 0 fully saturated rings. The third kappa shape index (κ3) is 3.64. The Hall–Kier alpha value is -1.81. The highest BCUT2D eigenvalue weighted by atomic mass is 35.5. The van der Waals surface area contributed by atoms with Crippen LogP contribution in [0.2, 0.25) is 10.0 Å². The van der Waals surface area contributed by atoms with Crippen molar-refractivity contribution in [2.24, 2.45) is 0 Å². The number of nitriles is 1. The Morgan fingerprint density at radius 1 is 1.10 bits per heavy atom. The smallest absolute Gasteiger partial charge is 0.262 e. The number of nitrogens with one attached hydrogen (secondary N) is 1. The molecule has 0 bridgehead atoms. The standard InChI is InChI=1S/C13H7Cl2FN2O2S/c14-9-4-10(15)6-12(5-9)21(19,20)18-13-2-1-11(16)3-8(13)7-17/h1-6,18H. The molecule has 8 heteroatoms. The molecule has 0 aliphatic carbocycles. The van der Waals surface area contributed by atoms with Crippen molar-refractivity contribution < 1.29 is 12.8 Å². The van der Waals surface area contributed by atoms with Gasteiger partial charge < -0.3 is 0 Å². The first-order chi connectivity index (χ1) is 9.81. The van der Waals surface area contributed by atoms with E-state index in [4.69, 9.17) is 28.5 Å². The van der Waals surface area contributed by atoms with Crippen LogP contribution >= 0.6 is 23.2 Å². The molecule has 0 saturated carbocycles. The fraction of sp³-hybridized carbons (Fsp3) is 0. The van der Waals surface area contributed by atoms with E-state index < -0.39 is 15.8 Å². The molecule has 0 aliphatic rings. The minimum atomic E-state index is -4.00. The van der Waals surface area contributed by atoms with Gasteiger partial charge in [-0.1, -0.05) is 23.2 Å². The van der Waals surface area contributed by atoms with E-state index in [0.29, 0.717) is 0 Å². The number of benzene rings is 2. The predicted octanol–water partition coefficient (Wildman–Crippen LogP) is 3.80. The van der Waals surface area contributed by atoms with E-state index in [2.05, 4.69) is 4.72 Å². The molecule has 2 aromatic carbocycles. The van der Waals surface area contributed by atoms with Crippen molar-refractivity contribution in [3.05, 3.63) is 57.8 Å². The summed E-state index contributed by atoms with van der Waals surface area (Å²) in [6, 6.07) is 8.67. The first kappa shape index (κ1) is 15.6. The van der Waals surface area contributed by atoms with Gasteiger partial charge in [-0.2, -0.15) is 5.26 Å². The maximum Gasteiger partial charge on any atom is 0.262 e. The zero-order chi connectivity index (χ0) is 15.6. The normalized spacial score (nSPS) is 11.0. The Bertz CT molecular complexity index is 827. The number of hydrogen-bond acceptors (Lipinski definition) is 3. The molecular formula is C13H7Cl2FN2O2S. The van der Waals surface area contributed by atoms with Crippen LogP contribution in [0, 0.1) is 17.1 Å². The van der Waals surface area contributed by atoms with Gasteiger partial charge in [0.25, 0.3) is 10.0 Å². The monoisotopic (exact) mass is 344 g/mol. The van der Waals surface area contributed by atoms with Crippen LogP contribution in [0.3, 0.4) is 0 Å². The summed E-state index contributed by atoms with van der Waals surface area (Å²) >= 11 is 11.5. The molecule has 21 heavy (non-hydrogen) atoms. The number of hydrogen-bond donors (Lipinski definition) is 1. The fourth-order valence-corrected chi connectivity index (χ4v) is 3.39. The quantitative estimate of drug-likeness (QED) is 0.920. The predicted molar refractivity (Wildman–Crippen MR) is 78.4 cm³/mol. The summed E-state index contributed by atoms with van der Waals surface area (Å²) in [6.45, 7) is 0. The largest absolute Gasteiger partial charge is 0.278 e. The first-order valence-electron chi connectivity index (χ1n) is 5.50. The Morgan fingerprint density at radius 3 is 2.29 bits per heavy atom. The second-order valence-corrected chi connectivity index (χ2v) is 6.57. The molecule has 0 amide bonds. The molecule has 0 unspecified atom stereocenters. The van der Waals surface area contributed by atoms with Gasteiger partial charge in [0.1, 0.15) is 11.9 Å². The van der Waals surface area contributed by atoms with Crippen LogP contribution in [0.25, 0.3) is 0 Å². The maximum atomic E-state index is 13.0. The van der Waals surface area contributed by atoms with Crippen molar-refractivity contribution in [2.75, 3.05) is 4.72 Å². The van der Waals surface area contributed by atoms with E-state index in [-0.39, 0.29) is 26.2 Å². The van der Waals surface area contributed by atoms with Crippen molar-refractivity contribution in [3.63, 3.8) is 0 Å². The van der Waals surface area contributed by atoms with Crippen molar-refractivity contribution in [1.29, 1.82) is 5.26 Å². The molecule has 2 aromatic rings. The molecule has 0 aliphatic heterocycles. The van der Waals surface area contributed by atoms with Crippen LogP contribution < -0.4 is 4.72 Å². The summed E-state index contributed by atoms with van der Waals surface area (Å²) in [5, 5.41) is 9.21. The van der Waals surface area contributed by atoms with Gasteiger partial charge in [0.05, 0.1) is 16.1 Å². The molecule has 2 rings (SSSR count). The Morgan fingerprint density at radius 2 is 1.71 bits per heavy atom. The zero-order valence-electron chi connectivity index (χ0n) is 10.3. The van der Waals surface area contributed by atoms with E-state index in [1.165, 1.54) is 18.2 Å². The Kier molecular flexibility index (Phi) is 4.37. The molecule has 0 aromatic heterocycles. The number of rotatable bonds is 3. The molecule has 108 valence electrons. The summed E-state index contributed by atoms with van der Waals surface area (Å²) in [5.41, 5.74) is -0.165. The van der Waals surface area contributed by atoms with Crippen LogP contribution in [-0.4, -0.2) is 8.42 Å². The van der Waals surface area contributed by atoms with Gasteiger partial charge in [-0.25, -0.2) is 12.8 Å². The zero-order valence-corrected chi connectivity index (χ0v) is 12.6. The molecule has 4 nitrogen and oxygen atoms in total. The average Bonchev–Trinajstić information content (AvgIpc) is 2.39. The summed E-state index contributed by atoms with van der Waals surface area (Å²) in [7, 11) is -4.00. The van der Waals surface area contributed by atoms with Gasteiger partial charge in [0.2, 0.25) is 0 Å². The van der Waals surface area contributed by atoms with E-state index in [0.717, 1.165) is 18.2 Å². The van der Waals surface area contributed by atoms with Crippen molar-refractivity contribution in [1.82, 2.24) is 0 Å². The highest BCUT2D eigenvalue weighted by Crippen LogP contribution is 2.25. The lowest BCUT2D eigenvalue weighted by Gasteiger charge is -2.10. The molecule has 0 atom stereocenters. The van der Waals surface area contributed by atoms with Gasteiger partial charge in [-0.15, -0.1) is 0 Å². The number of halogens is 3. The average molecular weight is 345 g/mol. The van der Waals surface area contributed by atoms with E-state index in [1.54, 1.807) is 6.07 Å². The molecule has 0 saturated heterocycles. The minimum absolute atomic E-state index is 0.0324. The first-order valence-corrected chi connectivity index (χ1v) is 7.74. The molecular weight excluding hydrogens is 338 g/mol. The summed E-state index contributed by atoms with van der Waals surface area (Å²) < 4.78 is 39.7. The van der Waals surface area contributed by atoms with Crippen LogP contribution in [0.1, 0.15) is 5.56 Å². The topological polar surface area (TPSA) is 70.0 Å². The van der Waals surface area contributed by atoms with Gasteiger partial charge in [-0.05, 0) is 36.4 Å². The molecule has 0 radical (unpaired) electrons. The minimum Gasteiger partial charge on any atom is -0.278 e. The molecule has 1 N–H and O–H groups in total. The number of nitrogens with zero attached hydrogens (tertiary/aromatic N) is 1. The molecule has 0 spiro atoms. The summed E-state index contributed by atoms with van der Waals surface area (Å²) in [6.07, 6.45) is 0. The third-order valence-corrected chi connectivity index (χ3v) is 4.27. The lowest BCUT2D eigenvalue weighted by atomic mass is 10.2. The summed E-state index contributed by atoms with van der Waals surface area (Å²) in [4.78, 5) is -0.159. The van der Waals surface area contributed by atoms with E-state index in [9.17, 15) is 12.8 Å². The fourth-order valence-electron chi connectivity index (χ4n) is 1.59. The molecule has 0 heterocycles. The summed E-state index contributed by atoms with van der Waals surface area (Å²) in [5.74, 6) is -0.639. The van der Waals surface area contributed by atoms with Gasteiger partial charge >= 0.3 is 0 Å².